The van der Waals surface area contributed by atoms with Crippen LogP contribution in [0.3, 0.4) is 0 Å². The van der Waals surface area contributed by atoms with E-state index in [9.17, 15) is 4.79 Å². The predicted octanol–water partition coefficient (Wildman–Crippen LogP) is 4.87. The predicted molar refractivity (Wildman–Crippen MR) is 90.1 cm³/mol. The highest BCUT2D eigenvalue weighted by molar-refractivity contribution is 9.11. The highest BCUT2D eigenvalue weighted by Gasteiger charge is 2.20. The highest BCUT2D eigenvalue weighted by Crippen LogP contribution is 2.38. The molecule has 2 aromatic rings. The maximum atomic E-state index is 11.4. The standard InChI is InChI=1S/C15H10Br2ClNO2/c16-9-2-3-11(17)10(6-9)15(18)8-1-4-13-12(5-8)19-14(20)7-21-13/h1-6,15H,7H2,(H,19,20). The maximum Gasteiger partial charge on any atom is 0.262 e. The van der Waals surface area contributed by atoms with Crippen LogP contribution in [-0.4, -0.2) is 12.5 Å². The summed E-state index contributed by atoms with van der Waals surface area (Å²) in [5.41, 5.74) is 2.49. The van der Waals surface area contributed by atoms with Crippen LogP contribution < -0.4 is 10.1 Å². The van der Waals surface area contributed by atoms with Crippen LogP contribution >= 0.6 is 43.5 Å². The van der Waals surface area contributed by atoms with E-state index in [4.69, 9.17) is 16.3 Å². The molecular formula is C15H10Br2ClNO2. The Morgan fingerprint density at radius 3 is 2.81 bits per heavy atom. The summed E-state index contributed by atoms with van der Waals surface area (Å²) in [6, 6.07) is 11.4. The molecule has 2 aromatic carbocycles. The first-order valence-electron chi connectivity index (χ1n) is 6.20. The van der Waals surface area contributed by atoms with Gasteiger partial charge in [0.1, 0.15) is 5.75 Å². The molecule has 0 aromatic heterocycles. The monoisotopic (exact) mass is 429 g/mol. The van der Waals surface area contributed by atoms with Crippen molar-refractivity contribution in [3.8, 4) is 5.75 Å². The quantitative estimate of drug-likeness (QED) is 0.689. The fourth-order valence-electron chi connectivity index (χ4n) is 2.15. The zero-order chi connectivity index (χ0) is 15.0. The number of alkyl halides is 1. The molecule has 3 rings (SSSR count). The Kier molecular flexibility index (Phi) is 4.24. The van der Waals surface area contributed by atoms with Crippen LogP contribution in [-0.2, 0) is 4.79 Å². The van der Waals surface area contributed by atoms with Crippen molar-refractivity contribution in [1.29, 1.82) is 0 Å². The van der Waals surface area contributed by atoms with E-state index in [2.05, 4.69) is 37.2 Å². The van der Waals surface area contributed by atoms with Crippen molar-refractivity contribution in [1.82, 2.24) is 0 Å². The largest absolute Gasteiger partial charge is 0.482 e. The minimum absolute atomic E-state index is 0.0494. The lowest BCUT2D eigenvalue weighted by molar-refractivity contribution is -0.118. The number of anilines is 1. The summed E-state index contributed by atoms with van der Waals surface area (Å²) in [7, 11) is 0. The third kappa shape index (κ3) is 3.10. The molecule has 6 heteroatoms. The van der Waals surface area contributed by atoms with Gasteiger partial charge in [-0.25, -0.2) is 0 Å². The van der Waals surface area contributed by atoms with E-state index in [0.717, 1.165) is 20.1 Å². The van der Waals surface area contributed by atoms with Crippen LogP contribution in [0.5, 0.6) is 5.75 Å². The zero-order valence-corrected chi connectivity index (χ0v) is 14.6. The number of carbonyl (C=O) groups excluding carboxylic acids is 1. The Morgan fingerprint density at radius 1 is 1.19 bits per heavy atom. The normalized spacial score (nSPS) is 14.9. The molecular weight excluding hydrogens is 421 g/mol. The van der Waals surface area contributed by atoms with Gasteiger partial charge in [0.2, 0.25) is 0 Å². The molecule has 1 atom stereocenters. The molecule has 21 heavy (non-hydrogen) atoms. The number of amides is 1. The lowest BCUT2D eigenvalue weighted by Gasteiger charge is -2.20. The number of ether oxygens (including phenoxy) is 1. The van der Waals surface area contributed by atoms with Crippen LogP contribution in [0.15, 0.2) is 45.3 Å². The van der Waals surface area contributed by atoms with Gasteiger partial charge < -0.3 is 10.1 Å². The van der Waals surface area contributed by atoms with E-state index in [1.807, 2.05) is 36.4 Å². The zero-order valence-electron chi connectivity index (χ0n) is 10.7. The summed E-state index contributed by atoms with van der Waals surface area (Å²) < 4.78 is 7.24. The van der Waals surface area contributed by atoms with Gasteiger partial charge in [0.25, 0.3) is 5.91 Å². The van der Waals surface area contributed by atoms with Gasteiger partial charge in [0, 0.05) is 8.95 Å². The van der Waals surface area contributed by atoms with Crippen LogP contribution in [0, 0.1) is 0 Å². The van der Waals surface area contributed by atoms with Crippen molar-refractivity contribution in [2.24, 2.45) is 0 Å². The molecule has 0 aliphatic carbocycles. The Morgan fingerprint density at radius 2 is 2.00 bits per heavy atom. The molecule has 1 aliphatic heterocycles. The molecule has 1 amide bonds. The van der Waals surface area contributed by atoms with Gasteiger partial charge in [0.05, 0.1) is 11.1 Å². The minimum Gasteiger partial charge on any atom is -0.482 e. The summed E-state index contributed by atoms with van der Waals surface area (Å²) in [4.78, 5) is 11.4. The number of hydrogen-bond acceptors (Lipinski definition) is 2. The van der Waals surface area contributed by atoms with E-state index >= 15 is 0 Å². The van der Waals surface area contributed by atoms with Gasteiger partial charge in [-0.15, -0.1) is 11.6 Å². The molecule has 1 N–H and O–H groups in total. The SMILES string of the molecule is O=C1COc2ccc(C(Cl)c3cc(Br)ccc3Br)cc2N1. The molecule has 1 unspecified atom stereocenters. The van der Waals surface area contributed by atoms with Crippen LogP contribution in [0.1, 0.15) is 16.5 Å². The first-order valence-corrected chi connectivity index (χ1v) is 8.22. The lowest BCUT2D eigenvalue weighted by Crippen LogP contribution is -2.25. The smallest absolute Gasteiger partial charge is 0.262 e. The number of halogens is 3. The van der Waals surface area contributed by atoms with Gasteiger partial charge in [-0.05, 0) is 41.5 Å². The van der Waals surface area contributed by atoms with Gasteiger partial charge in [-0.2, -0.15) is 0 Å². The first kappa shape index (κ1) is 14.9. The summed E-state index contributed by atoms with van der Waals surface area (Å²) in [5, 5.41) is 2.46. The third-order valence-corrected chi connectivity index (χ3v) is 4.86. The molecule has 0 radical (unpaired) electrons. The molecule has 3 nitrogen and oxygen atoms in total. The summed E-state index contributed by atoms with van der Waals surface area (Å²) in [6.07, 6.45) is 0. The molecule has 0 saturated heterocycles. The molecule has 1 aliphatic rings. The number of benzene rings is 2. The molecule has 1 heterocycles. The van der Waals surface area contributed by atoms with E-state index in [1.165, 1.54) is 0 Å². The van der Waals surface area contributed by atoms with Crippen molar-refractivity contribution >= 4 is 55.1 Å². The topological polar surface area (TPSA) is 38.3 Å². The average Bonchev–Trinajstić information content (AvgIpc) is 2.48. The van der Waals surface area contributed by atoms with Crippen molar-refractivity contribution in [3.05, 3.63) is 56.5 Å². The highest BCUT2D eigenvalue weighted by atomic mass is 79.9. The number of hydrogen-bond donors (Lipinski definition) is 1. The lowest BCUT2D eigenvalue weighted by atomic mass is 10.0. The van der Waals surface area contributed by atoms with Crippen molar-refractivity contribution in [3.63, 3.8) is 0 Å². The van der Waals surface area contributed by atoms with Crippen LogP contribution in [0.2, 0.25) is 0 Å². The Balaban J connectivity index is 1.98. The second-order valence-corrected chi connectivity index (χ2v) is 6.83. The summed E-state index contributed by atoms with van der Waals surface area (Å²) in [5.74, 6) is 0.505. The van der Waals surface area contributed by atoms with Gasteiger partial charge >= 0.3 is 0 Å². The van der Waals surface area contributed by atoms with Crippen molar-refractivity contribution in [2.75, 3.05) is 11.9 Å². The van der Waals surface area contributed by atoms with E-state index < -0.39 is 0 Å². The van der Waals surface area contributed by atoms with E-state index in [0.29, 0.717) is 11.4 Å². The van der Waals surface area contributed by atoms with Crippen LogP contribution in [0.4, 0.5) is 5.69 Å². The van der Waals surface area contributed by atoms with Crippen molar-refractivity contribution in [2.45, 2.75) is 5.38 Å². The summed E-state index contributed by atoms with van der Waals surface area (Å²) >= 11 is 13.5. The van der Waals surface area contributed by atoms with Gasteiger partial charge in [-0.1, -0.05) is 37.9 Å². The van der Waals surface area contributed by atoms with E-state index in [1.54, 1.807) is 0 Å². The Bertz CT molecular complexity index is 721. The second-order valence-electron chi connectivity index (χ2n) is 4.62. The Hall–Kier alpha value is -1.04. The fraction of sp³-hybridized carbons (Fsp3) is 0.133. The number of fused-ring (bicyclic) bond motifs is 1. The van der Waals surface area contributed by atoms with Gasteiger partial charge in [-0.3, -0.25) is 4.79 Å². The molecule has 0 spiro atoms. The average molecular weight is 432 g/mol. The minimum atomic E-state index is -0.332. The molecule has 108 valence electrons. The summed E-state index contributed by atoms with van der Waals surface area (Å²) in [6.45, 7) is 0.0494. The second kappa shape index (κ2) is 5.99. The molecule has 0 saturated carbocycles. The third-order valence-electron chi connectivity index (χ3n) is 3.16. The van der Waals surface area contributed by atoms with E-state index in [-0.39, 0.29) is 17.9 Å². The number of rotatable bonds is 2. The Labute approximate surface area is 143 Å². The maximum absolute atomic E-state index is 11.4. The van der Waals surface area contributed by atoms with Gasteiger partial charge in [0.15, 0.2) is 6.61 Å². The van der Waals surface area contributed by atoms with Crippen LogP contribution in [0.25, 0.3) is 0 Å². The molecule has 0 bridgehead atoms. The van der Waals surface area contributed by atoms with Crippen molar-refractivity contribution < 1.29 is 9.53 Å². The number of carbonyl (C=O) groups is 1. The fourth-order valence-corrected chi connectivity index (χ4v) is 3.45. The molecule has 0 fully saturated rings. The first-order chi connectivity index (χ1) is 10.0. The number of nitrogens with one attached hydrogen (secondary N) is 1.